The molecule has 20 heavy (non-hydrogen) atoms. The summed E-state index contributed by atoms with van der Waals surface area (Å²) in [5.74, 6) is -0.453. The van der Waals surface area contributed by atoms with E-state index in [4.69, 9.17) is 5.41 Å². The van der Waals surface area contributed by atoms with Gasteiger partial charge in [-0.3, -0.25) is 10.2 Å². The van der Waals surface area contributed by atoms with Crippen molar-refractivity contribution in [3.8, 4) is 0 Å². The van der Waals surface area contributed by atoms with E-state index in [0.29, 0.717) is 10.2 Å². The van der Waals surface area contributed by atoms with Crippen molar-refractivity contribution in [2.45, 2.75) is 11.4 Å². The highest BCUT2D eigenvalue weighted by Crippen LogP contribution is 2.21. The number of thiazole rings is 1. The number of sulfone groups is 1. The second kappa shape index (κ2) is 6.06. The highest BCUT2D eigenvalue weighted by molar-refractivity contribution is 8.93. The Bertz CT molecular complexity index is 807. The molecule has 2 aromatic rings. The average molecular weight is 381 g/mol. The Labute approximate surface area is 130 Å². The maximum absolute atomic E-state index is 11.5. The summed E-state index contributed by atoms with van der Waals surface area (Å²) in [4.78, 5) is 11.7. The number of benzene rings is 1. The lowest BCUT2D eigenvalue weighted by atomic mass is 10.3. The molecular formula is C11H13BrN2O4S2. The summed E-state index contributed by atoms with van der Waals surface area (Å²) < 4.78 is 29.6. The fourth-order valence-corrected chi connectivity index (χ4v) is 3.32. The Kier molecular flexibility index (Phi) is 5.11. The maximum atomic E-state index is 11.5. The van der Waals surface area contributed by atoms with E-state index in [1.54, 1.807) is 6.07 Å². The molecule has 0 aliphatic heterocycles. The summed E-state index contributed by atoms with van der Waals surface area (Å²) in [5.41, 5.74) is 0.646. The van der Waals surface area contributed by atoms with Gasteiger partial charge in [0.25, 0.3) is 0 Å². The molecule has 0 amide bonds. The minimum absolute atomic E-state index is 0. The van der Waals surface area contributed by atoms with Gasteiger partial charge in [0.05, 0.1) is 22.2 Å². The van der Waals surface area contributed by atoms with Gasteiger partial charge in [0.1, 0.15) is 6.54 Å². The molecule has 0 saturated carbocycles. The third kappa shape index (κ3) is 3.28. The molecule has 9 heteroatoms. The monoisotopic (exact) mass is 380 g/mol. The van der Waals surface area contributed by atoms with Crippen molar-refractivity contribution in [1.29, 1.82) is 5.41 Å². The van der Waals surface area contributed by atoms with Crippen LogP contribution in [0.2, 0.25) is 0 Å². The summed E-state index contributed by atoms with van der Waals surface area (Å²) in [7, 11) is -2.00. The summed E-state index contributed by atoms with van der Waals surface area (Å²) in [5, 5.41) is 7.82. The van der Waals surface area contributed by atoms with E-state index >= 15 is 0 Å². The third-order valence-electron chi connectivity index (χ3n) is 2.62. The van der Waals surface area contributed by atoms with Gasteiger partial charge in [-0.1, -0.05) is 11.3 Å². The number of fused-ring (bicyclic) bond motifs is 1. The highest BCUT2D eigenvalue weighted by Gasteiger charge is 2.13. The van der Waals surface area contributed by atoms with Crippen molar-refractivity contribution in [1.82, 2.24) is 4.57 Å². The number of carbonyl (C=O) groups is 1. The van der Waals surface area contributed by atoms with E-state index < -0.39 is 15.8 Å². The fourth-order valence-electron chi connectivity index (χ4n) is 1.65. The molecule has 0 aliphatic carbocycles. The van der Waals surface area contributed by atoms with Gasteiger partial charge in [-0.2, -0.15) is 0 Å². The van der Waals surface area contributed by atoms with Crippen LogP contribution in [0.5, 0.6) is 0 Å². The highest BCUT2D eigenvalue weighted by atomic mass is 79.9. The smallest absolute Gasteiger partial charge is 0.325 e. The number of nitrogens with zero attached hydrogens (tertiary/aromatic N) is 1. The first-order valence-electron chi connectivity index (χ1n) is 5.28. The summed E-state index contributed by atoms with van der Waals surface area (Å²) in [6, 6.07) is 4.59. The van der Waals surface area contributed by atoms with Crippen molar-refractivity contribution >= 4 is 54.3 Å². The van der Waals surface area contributed by atoms with Crippen molar-refractivity contribution in [3.05, 3.63) is 23.0 Å². The molecule has 0 bridgehead atoms. The molecule has 2 rings (SSSR count). The van der Waals surface area contributed by atoms with Crippen LogP contribution in [0.3, 0.4) is 0 Å². The Balaban J connectivity index is 0.00000200. The number of halogens is 1. The van der Waals surface area contributed by atoms with Crippen molar-refractivity contribution in [2.75, 3.05) is 13.4 Å². The molecular weight excluding hydrogens is 368 g/mol. The summed E-state index contributed by atoms with van der Waals surface area (Å²) >= 11 is 1.12. The Morgan fingerprint density at radius 2 is 2.10 bits per heavy atom. The van der Waals surface area contributed by atoms with E-state index in [9.17, 15) is 13.2 Å². The number of methoxy groups -OCH3 is 1. The lowest BCUT2D eigenvalue weighted by Gasteiger charge is -2.03. The number of hydrogen-bond donors (Lipinski definition) is 1. The molecule has 110 valence electrons. The molecule has 0 atom stereocenters. The average Bonchev–Trinajstić information content (AvgIpc) is 2.64. The lowest BCUT2D eigenvalue weighted by Crippen LogP contribution is -2.20. The van der Waals surface area contributed by atoms with Crippen LogP contribution in [0.4, 0.5) is 0 Å². The first-order valence-corrected chi connectivity index (χ1v) is 7.98. The second-order valence-electron chi connectivity index (χ2n) is 3.97. The van der Waals surface area contributed by atoms with Crippen molar-refractivity contribution in [2.24, 2.45) is 0 Å². The predicted molar refractivity (Wildman–Crippen MR) is 81.1 cm³/mol. The van der Waals surface area contributed by atoms with E-state index in [1.807, 2.05) is 0 Å². The SMILES string of the molecule is Br.COC(=O)Cn1c(=N)sc2cc(S(C)(=O)=O)ccc21. The number of ether oxygens (including phenoxy) is 1. The number of carbonyl (C=O) groups excluding carboxylic acids is 1. The van der Waals surface area contributed by atoms with Gasteiger partial charge in [-0.15, -0.1) is 17.0 Å². The second-order valence-corrected chi connectivity index (χ2v) is 7.02. The van der Waals surface area contributed by atoms with Gasteiger partial charge in [-0.25, -0.2) is 8.42 Å². The zero-order valence-corrected chi connectivity index (χ0v) is 14.1. The molecule has 1 N–H and O–H groups in total. The van der Waals surface area contributed by atoms with Gasteiger partial charge in [-0.05, 0) is 18.2 Å². The van der Waals surface area contributed by atoms with Crippen LogP contribution >= 0.6 is 28.3 Å². The number of rotatable bonds is 3. The molecule has 0 saturated heterocycles. The van der Waals surface area contributed by atoms with Gasteiger partial charge in [0.2, 0.25) is 0 Å². The van der Waals surface area contributed by atoms with Crippen molar-refractivity contribution < 1.29 is 17.9 Å². The van der Waals surface area contributed by atoms with Gasteiger partial charge in [0.15, 0.2) is 14.6 Å². The van der Waals surface area contributed by atoms with Crippen LogP contribution in [0.25, 0.3) is 10.2 Å². The Hall–Kier alpha value is -1.19. The molecule has 0 radical (unpaired) electrons. The molecule has 0 aliphatic rings. The molecule has 0 fully saturated rings. The number of aromatic nitrogens is 1. The Morgan fingerprint density at radius 3 is 2.65 bits per heavy atom. The quantitative estimate of drug-likeness (QED) is 0.813. The Morgan fingerprint density at radius 1 is 1.45 bits per heavy atom. The topological polar surface area (TPSA) is 89.2 Å². The molecule has 1 aromatic heterocycles. The predicted octanol–water partition coefficient (Wildman–Crippen LogP) is 1.34. The van der Waals surface area contributed by atoms with Crippen LogP contribution < -0.4 is 4.80 Å². The third-order valence-corrected chi connectivity index (χ3v) is 4.69. The van der Waals surface area contributed by atoms with Gasteiger partial charge < -0.3 is 9.30 Å². The summed E-state index contributed by atoms with van der Waals surface area (Å²) in [6.45, 7) is -0.0619. The molecule has 1 aromatic carbocycles. The zero-order chi connectivity index (χ0) is 14.2. The van der Waals surface area contributed by atoms with E-state index in [0.717, 1.165) is 17.6 Å². The maximum Gasteiger partial charge on any atom is 0.325 e. The van der Waals surface area contributed by atoms with Crippen LogP contribution in [-0.4, -0.2) is 32.3 Å². The summed E-state index contributed by atoms with van der Waals surface area (Å²) in [6.07, 6.45) is 1.13. The molecule has 6 nitrogen and oxygen atoms in total. The van der Waals surface area contributed by atoms with E-state index in [1.165, 1.54) is 23.8 Å². The largest absolute Gasteiger partial charge is 0.468 e. The van der Waals surface area contributed by atoms with Crippen LogP contribution in [0.1, 0.15) is 0 Å². The van der Waals surface area contributed by atoms with Crippen LogP contribution in [0, 0.1) is 5.41 Å². The normalized spacial score (nSPS) is 11.1. The number of esters is 1. The van der Waals surface area contributed by atoms with E-state index in [-0.39, 0.29) is 33.2 Å². The molecule has 0 spiro atoms. The number of nitrogens with one attached hydrogen (secondary N) is 1. The van der Waals surface area contributed by atoms with Crippen LogP contribution in [-0.2, 0) is 25.9 Å². The van der Waals surface area contributed by atoms with E-state index in [2.05, 4.69) is 4.74 Å². The molecule has 0 unspecified atom stereocenters. The molecule has 1 heterocycles. The zero-order valence-electron chi connectivity index (χ0n) is 10.7. The van der Waals surface area contributed by atoms with Gasteiger partial charge >= 0.3 is 5.97 Å². The minimum Gasteiger partial charge on any atom is -0.468 e. The first-order chi connectivity index (χ1) is 8.82. The van der Waals surface area contributed by atoms with Crippen molar-refractivity contribution in [3.63, 3.8) is 0 Å². The standard InChI is InChI=1S/C11H12N2O4S2.BrH/c1-17-10(14)6-13-8-4-3-7(19(2,15)16)5-9(8)18-11(13)12;/h3-5,12H,6H2,1-2H3;1H. The first kappa shape index (κ1) is 16.9. The van der Waals surface area contributed by atoms with Crippen LogP contribution in [0.15, 0.2) is 23.1 Å². The lowest BCUT2D eigenvalue weighted by molar-refractivity contribution is -0.141. The number of hydrogen-bond acceptors (Lipinski definition) is 6. The minimum atomic E-state index is -3.28. The van der Waals surface area contributed by atoms with Gasteiger partial charge in [0, 0.05) is 6.26 Å². The fraction of sp³-hybridized carbons (Fsp3) is 0.273.